The molecule has 15 heteroatoms. The number of aromatic nitrogens is 3. The van der Waals surface area contributed by atoms with Gasteiger partial charge in [0.05, 0.1) is 16.1 Å². The molecule has 4 aromatic rings. The molecule has 4 N–H and O–H groups in total. The van der Waals surface area contributed by atoms with Crippen LogP contribution in [0.3, 0.4) is 0 Å². The zero-order chi connectivity index (χ0) is 27.9. The number of carboxylic acid groups (broad SMARTS) is 1. The van der Waals surface area contributed by atoms with Crippen molar-refractivity contribution < 1.29 is 31.5 Å². The molecule has 2 aromatic carbocycles. The molecule has 0 bridgehead atoms. The van der Waals surface area contributed by atoms with Crippen LogP contribution in [0.1, 0.15) is 0 Å². The van der Waals surface area contributed by atoms with Gasteiger partial charge in [-0.25, -0.2) is 27.9 Å². The number of pyridine rings is 1. The highest BCUT2D eigenvalue weighted by Gasteiger charge is 2.38. The van der Waals surface area contributed by atoms with Gasteiger partial charge in [-0.1, -0.05) is 6.07 Å². The summed E-state index contributed by atoms with van der Waals surface area (Å²) in [5.41, 5.74) is 2.43. The van der Waals surface area contributed by atoms with Crippen LogP contribution in [-0.2, 0) is 14.8 Å². The predicted octanol–water partition coefficient (Wildman–Crippen LogP) is 4.78. The van der Waals surface area contributed by atoms with Gasteiger partial charge in [-0.05, 0) is 55.8 Å². The van der Waals surface area contributed by atoms with E-state index in [-0.39, 0.29) is 4.90 Å². The molecule has 4 rings (SSSR count). The Morgan fingerprint density at radius 2 is 1.66 bits per heavy atom. The first-order chi connectivity index (χ1) is 17.9. The summed E-state index contributed by atoms with van der Waals surface area (Å²) in [6.07, 6.45) is 0.0476. The number of hydrogen-bond donors (Lipinski definition) is 4. The first-order valence-corrected chi connectivity index (χ1v) is 13.3. The van der Waals surface area contributed by atoms with Gasteiger partial charge in [0.2, 0.25) is 10.0 Å². The summed E-state index contributed by atoms with van der Waals surface area (Å²) in [5.74, 6) is -1.62. The molecule has 2 heterocycles. The average Bonchev–Trinajstić information content (AvgIpc) is 2.88. The maximum absolute atomic E-state index is 12.2. The monoisotopic (exact) mass is 566 g/mol. The Kier molecular flexibility index (Phi) is 9.08. The van der Waals surface area contributed by atoms with Crippen molar-refractivity contribution >= 4 is 61.7 Å². The first kappa shape index (κ1) is 28.6. The van der Waals surface area contributed by atoms with Crippen molar-refractivity contribution in [2.75, 3.05) is 23.9 Å². The molecule has 0 aliphatic heterocycles. The number of nitrogens with zero attached hydrogens (tertiary/aromatic N) is 3. The number of anilines is 4. The molecule has 0 saturated heterocycles. The van der Waals surface area contributed by atoms with E-state index in [9.17, 15) is 21.6 Å². The Hall–Kier alpha value is -3.95. The van der Waals surface area contributed by atoms with Crippen molar-refractivity contribution in [1.82, 2.24) is 19.7 Å². The number of sulfonamides is 1. The van der Waals surface area contributed by atoms with E-state index in [1.165, 1.54) is 25.1 Å². The van der Waals surface area contributed by atoms with E-state index in [1.807, 2.05) is 36.6 Å². The Morgan fingerprint density at radius 3 is 2.29 bits per heavy atom. The fraction of sp³-hybridized carbons (Fsp3) is 0.130. The van der Waals surface area contributed by atoms with Crippen LogP contribution in [0.5, 0.6) is 0 Å². The van der Waals surface area contributed by atoms with Gasteiger partial charge in [-0.15, -0.1) is 11.8 Å². The van der Waals surface area contributed by atoms with Crippen LogP contribution in [0, 0.1) is 0 Å². The summed E-state index contributed by atoms with van der Waals surface area (Å²) in [5, 5.41) is 14.6. The highest BCUT2D eigenvalue weighted by molar-refractivity contribution is 7.98. The number of benzene rings is 2. The van der Waals surface area contributed by atoms with Crippen LogP contribution in [-0.4, -0.2) is 53.9 Å². The summed E-state index contributed by atoms with van der Waals surface area (Å²) in [6, 6.07) is 16.4. The second-order valence-corrected chi connectivity index (χ2v) is 10.1. The van der Waals surface area contributed by atoms with Crippen molar-refractivity contribution in [3.8, 4) is 0 Å². The predicted molar refractivity (Wildman–Crippen MR) is 138 cm³/mol. The van der Waals surface area contributed by atoms with Gasteiger partial charge in [0.1, 0.15) is 18.0 Å². The third-order valence-electron chi connectivity index (χ3n) is 4.80. The summed E-state index contributed by atoms with van der Waals surface area (Å²) in [6.45, 7) is 0. The number of halogens is 3. The zero-order valence-electron chi connectivity index (χ0n) is 19.8. The molecule has 0 aliphatic carbocycles. The molecule has 200 valence electrons. The van der Waals surface area contributed by atoms with E-state index < -0.39 is 22.2 Å². The molecule has 38 heavy (non-hydrogen) atoms. The van der Waals surface area contributed by atoms with Gasteiger partial charge >= 0.3 is 12.1 Å². The van der Waals surface area contributed by atoms with Crippen LogP contribution in [0.2, 0.25) is 0 Å². The molecule has 0 amide bonds. The number of thioether (sulfide) groups is 1. The van der Waals surface area contributed by atoms with Gasteiger partial charge in [0, 0.05) is 28.2 Å². The lowest BCUT2D eigenvalue weighted by molar-refractivity contribution is -0.192. The fourth-order valence-corrected chi connectivity index (χ4v) is 4.29. The zero-order valence-corrected chi connectivity index (χ0v) is 21.4. The third-order valence-corrected chi connectivity index (χ3v) is 7.01. The van der Waals surface area contributed by atoms with Crippen molar-refractivity contribution in [1.29, 1.82) is 0 Å². The number of rotatable bonds is 7. The SMILES string of the molecule is CNS(=O)(=O)c1ccc(SC)c(Nc2cc(Nc3ccc4ncccc4c3)ncn2)c1.O=C(O)C(F)(F)F. The van der Waals surface area contributed by atoms with Gasteiger partial charge in [-0.2, -0.15) is 13.2 Å². The molecule has 0 aliphatic rings. The number of alkyl halides is 3. The minimum Gasteiger partial charge on any atom is -0.475 e. The number of carbonyl (C=O) groups is 1. The van der Waals surface area contributed by atoms with Crippen molar-refractivity contribution in [3.05, 3.63) is 67.1 Å². The smallest absolute Gasteiger partial charge is 0.475 e. The summed E-state index contributed by atoms with van der Waals surface area (Å²) >= 11 is 1.51. The van der Waals surface area contributed by atoms with E-state index in [0.717, 1.165) is 21.5 Å². The molecule has 0 atom stereocenters. The minimum atomic E-state index is -5.08. The van der Waals surface area contributed by atoms with Gasteiger partial charge in [0.25, 0.3) is 0 Å². The molecule has 0 unspecified atom stereocenters. The topological polar surface area (TPSA) is 146 Å². The number of hydrogen-bond acceptors (Lipinski definition) is 9. The minimum absolute atomic E-state index is 0.174. The van der Waals surface area contributed by atoms with Crippen LogP contribution in [0.15, 0.2) is 76.9 Å². The Balaban J connectivity index is 0.000000505. The maximum atomic E-state index is 12.2. The van der Waals surface area contributed by atoms with Crippen LogP contribution in [0.25, 0.3) is 10.9 Å². The van der Waals surface area contributed by atoms with E-state index >= 15 is 0 Å². The van der Waals surface area contributed by atoms with Gasteiger partial charge in [-0.3, -0.25) is 4.98 Å². The molecule has 0 saturated carbocycles. The van der Waals surface area contributed by atoms with Crippen LogP contribution >= 0.6 is 11.8 Å². The van der Waals surface area contributed by atoms with Crippen molar-refractivity contribution in [3.63, 3.8) is 0 Å². The lowest BCUT2D eigenvalue weighted by Crippen LogP contribution is -2.21. The lowest BCUT2D eigenvalue weighted by Gasteiger charge is -2.13. The van der Waals surface area contributed by atoms with Crippen molar-refractivity contribution in [2.45, 2.75) is 16.0 Å². The fourth-order valence-electron chi connectivity index (χ4n) is 3.00. The van der Waals surface area contributed by atoms with Crippen LogP contribution in [0.4, 0.5) is 36.2 Å². The number of aliphatic carboxylic acids is 1. The third kappa shape index (κ3) is 7.53. The first-order valence-electron chi connectivity index (χ1n) is 10.6. The Labute approximate surface area is 219 Å². The van der Waals surface area contributed by atoms with E-state index in [4.69, 9.17) is 9.90 Å². The largest absolute Gasteiger partial charge is 0.490 e. The summed E-state index contributed by atoms with van der Waals surface area (Å²) in [7, 11) is -2.17. The number of carboxylic acids is 1. The van der Waals surface area contributed by atoms with E-state index in [1.54, 1.807) is 30.5 Å². The normalized spacial score (nSPS) is 11.4. The summed E-state index contributed by atoms with van der Waals surface area (Å²) in [4.78, 5) is 22.8. The second kappa shape index (κ2) is 12.1. The Bertz CT molecular complexity index is 1550. The standard InChI is InChI=1S/C21H20N6O2S2.C2HF3O2/c1-22-31(28,29)16-6-8-19(30-2)18(11-16)27-21-12-20(24-13-25-21)26-15-5-7-17-14(10-15)4-3-9-23-17;3-2(4,5)1(6)7/h3-13,22H,1-2H3,(H2,24,25,26,27);(H,6,7). The highest BCUT2D eigenvalue weighted by atomic mass is 32.2. The number of nitrogens with one attached hydrogen (secondary N) is 3. The van der Waals surface area contributed by atoms with E-state index in [2.05, 4.69) is 30.3 Å². The van der Waals surface area contributed by atoms with Crippen LogP contribution < -0.4 is 15.4 Å². The van der Waals surface area contributed by atoms with Crippen molar-refractivity contribution in [2.24, 2.45) is 0 Å². The molecule has 10 nitrogen and oxygen atoms in total. The Morgan fingerprint density at radius 1 is 0.974 bits per heavy atom. The highest BCUT2D eigenvalue weighted by Crippen LogP contribution is 2.31. The molecule has 0 fully saturated rings. The molecular formula is C23H21F3N6O4S2. The second-order valence-electron chi connectivity index (χ2n) is 7.32. The van der Waals surface area contributed by atoms with Gasteiger partial charge in [0.15, 0.2) is 0 Å². The molecule has 0 radical (unpaired) electrons. The summed E-state index contributed by atoms with van der Waals surface area (Å²) < 4.78 is 58.4. The maximum Gasteiger partial charge on any atom is 0.490 e. The molecule has 2 aromatic heterocycles. The number of fused-ring (bicyclic) bond motifs is 1. The quantitative estimate of drug-likeness (QED) is 0.231. The molecular weight excluding hydrogens is 545 g/mol. The lowest BCUT2D eigenvalue weighted by atomic mass is 10.2. The average molecular weight is 567 g/mol. The van der Waals surface area contributed by atoms with E-state index in [0.29, 0.717) is 17.3 Å². The molecule has 0 spiro atoms. The van der Waals surface area contributed by atoms with Gasteiger partial charge < -0.3 is 15.7 Å².